The van der Waals surface area contributed by atoms with Gasteiger partial charge in [-0.2, -0.15) is 0 Å². The molecule has 22 heavy (non-hydrogen) atoms. The zero-order chi connectivity index (χ0) is 15.2. The number of hydrogen-bond acceptors (Lipinski definition) is 3. The van der Waals surface area contributed by atoms with Crippen LogP contribution in [0.5, 0.6) is 0 Å². The number of nitrogens with zero attached hydrogens (tertiary/aromatic N) is 2. The van der Waals surface area contributed by atoms with Crippen molar-refractivity contribution in [1.29, 1.82) is 0 Å². The molecule has 3 rings (SSSR count). The molecule has 0 bridgehead atoms. The van der Waals surface area contributed by atoms with Crippen molar-refractivity contribution in [2.75, 3.05) is 26.2 Å². The Kier molecular flexibility index (Phi) is 5.74. The fourth-order valence-corrected chi connectivity index (χ4v) is 4.30. The van der Waals surface area contributed by atoms with E-state index in [4.69, 9.17) is 4.99 Å². The lowest BCUT2D eigenvalue weighted by Crippen LogP contribution is -2.41. The summed E-state index contributed by atoms with van der Waals surface area (Å²) in [4.78, 5) is 19.4. The molecule has 4 heteroatoms. The van der Waals surface area contributed by atoms with Crippen molar-refractivity contribution in [3.63, 3.8) is 0 Å². The van der Waals surface area contributed by atoms with Crippen LogP contribution in [0, 0.1) is 11.8 Å². The molecular formula is C18H31N3O. The van der Waals surface area contributed by atoms with Crippen LogP contribution in [0.3, 0.4) is 0 Å². The topological polar surface area (TPSA) is 44.7 Å². The van der Waals surface area contributed by atoms with E-state index in [0.29, 0.717) is 5.92 Å². The molecule has 3 aliphatic rings. The third kappa shape index (κ3) is 4.02. The number of rotatable bonds is 5. The zero-order valence-corrected chi connectivity index (χ0v) is 13.9. The molecule has 1 N–H and O–H groups in total. The van der Waals surface area contributed by atoms with Crippen molar-refractivity contribution in [3.8, 4) is 0 Å². The van der Waals surface area contributed by atoms with Crippen LogP contribution in [0.2, 0.25) is 0 Å². The minimum atomic E-state index is 0.277. The Hall–Kier alpha value is -1.06. The average molecular weight is 305 g/mol. The molecule has 0 aromatic rings. The quantitative estimate of drug-likeness (QED) is 0.848. The van der Waals surface area contributed by atoms with E-state index in [9.17, 15) is 4.79 Å². The molecule has 4 nitrogen and oxygen atoms in total. The van der Waals surface area contributed by atoms with Gasteiger partial charge < -0.3 is 10.2 Å². The van der Waals surface area contributed by atoms with Crippen LogP contribution in [-0.2, 0) is 4.79 Å². The second-order valence-corrected chi connectivity index (χ2v) is 7.19. The highest BCUT2D eigenvalue weighted by Gasteiger charge is 2.27. The van der Waals surface area contributed by atoms with Gasteiger partial charge in [0.15, 0.2) is 0 Å². The minimum absolute atomic E-state index is 0.277. The average Bonchev–Trinajstić information content (AvgIpc) is 3.05. The molecule has 2 aliphatic carbocycles. The Labute approximate surface area is 134 Å². The van der Waals surface area contributed by atoms with E-state index in [1.165, 1.54) is 57.2 Å². The summed E-state index contributed by atoms with van der Waals surface area (Å²) in [5, 5.41) is 3.17. The van der Waals surface area contributed by atoms with Crippen LogP contribution < -0.4 is 5.32 Å². The maximum Gasteiger partial charge on any atom is 0.223 e. The van der Waals surface area contributed by atoms with Gasteiger partial charge in [0.25, 0.3) is 0 Å². The number of carbonyl (C=O) groups is 1. The van der Waals surface area contributed by atoms with E-state index in [1.54, 1.807) is 0 Å². The number of nitrogens with one attached hydrogen (secondary N) is 1. The number of carbonyl (C=O) groups excluding carboxylic acids is 1. The molecule has 1 aliphatic heterocycles. The van der Waals surface area contributed by atoms with Gasteiger partial charge in [-0.25, -0.2) is 0 Å². The van der Waals surface area contributed by atoms with E-state index in [2.05, 4.69) is 10.2 Å². The summed E-state index contributed by atoms with van der Waals surface area (Å²) < 4.78 is 0. The SMILES string of the molecule is O=C(NCCN1CCN=C1C1CCCCC1)C1CCCCC1. The van der Waals surface area contributed by atoms with Gasteiger partial charge in [-0.15, -0.1) is 0 Å². The van der Waals surface area contributed by atoms with Crippen molar-refractivity contribution < 1.29 is 4.79 Å². The van der Waals surface area contributed by atoms with Crippen LogP contribution in [0.4, 0.5) is 0 Å². The highest BCUT2D eigenvalue weighted by Crippen LogP contribution is 2.27. The first-order valence-electron chi connectivity index (χ1n) is 9.41. The van der Waals surface area contributed by atoms with Gasteiger partial charge in [0, 0.05) is 31.5 Å². The van der Waals surface area contributed by atoms with Crippen LogP contribution in [0.15, 0.2) is 4.99 Å². The van der Waals surface area contributed by atoms with Gasteiger partial charge in [0.05, 0.1) is 6.54 Å². The maximum atomic E-state index is 12.2. The van der Waals surface area contributed by atoms with Gasteiger partial charge in [0.1, 0.15) is 5.84 Å². The molecule has 0 saturated heterocycles. The predicted molar refractivity (Wildman–Crippen MR) is 90.0 cm³/mol. The summed E-state index contributed by atoms with van der Waals surface area (Å²) >= 11 is 0. The third-order valence-electron chi connectivity index (χ3n) is 5.59. The van der Waals surface area contributed by atoms with Crippen LogP contribution in [-0.4, -0.2) is 42.8 Å². The van der Waals surface area contributed by atoms with Crippen molar-refractivity contribution in [3.05, 3.63) is 0 Å². The normalized spacial score (nSPS) is 24.4. The molecular weight excluding hydrogens is 274 g/mol. The lowest BCUT2D eigenvalue weighted by Gasteiger charge is -2.29. The second kappa shape index (κ2) is 7.98. The molecule has 0 radical (unpaired) electrons. The number of hydrogen-bond donors (Lipinski definition) is 1. The first-order chi connectivity index (χ1) is 10.8. The Bertz CT molecular complexity index is 395. The lowest BCUT2D eigenvalue weighted by atomic mass is 9.88. The summed E-state index contributed by atoms with van der Waals surface area (Å²) in [6.07, 6.45) is 12.7. The fourth-order valence-electron chi connectivity index (χ4n) is 4.30. The van der Waals surface area contributed by atoms with Gasteiger partial charge in [0.2, 0.25) is 5.91 Å². The lowest BCUT2D eigenvalue weighted by molar-refractivity contribution is -0.125. The Morgan fingerprint density at radius 2 is 1.73 bits per heavy atom. The van der Waals surface area contributed by atoms with Crippen LogP contribution in [0.25, 0.3) is 0 Å². The molecule has 2 saturated carbocycles. The number of amides is 1. The van der Waals surface area contributed by atoms with Crippen molar-refractivity contribution in [2.45, 2.75) is 64.2 Å². The summed E-state index contributed by atoms with van der Waals surface area (Å²) in [5.41, 5.74) is 0. The fraction of sp³-hybridized carbons (Fsp3) is 0.889. The van der Waals surface area contributed by atoms with Crippen molar-refractivity contribution in [2.24, 2.45) is 16.8 Å². The molecule has 0 aromatic carbocycles. The van der Waals surface area contributed by atoms with E-state index < -0.39 is 0 Å². The first kappa shape index (κ1) is 15.8. The molecule has 1 heterocycles. The van der Waals surface area contributed by atoms with Gasteiger partial charge in [-0.3, -0.25) is 9.79 Å². The summed E-state index contributed by atoms with van der Waals surface area (Å²) in [6, 6.07) is 0. The standard InChI is InChI=1S/C18H31N3O/c22-18(16-9-5-2-6-10-16)20-12-14-21-13-11-19-17(21)15-7-3-1-4-8-15/h15-16H,1-14H2,(H,20,22). The first-order valence-corrected chi connectivity index (χ1v) is 9.41. The molecule has 0 unspecified atom stereocenters. The molecule has 1 amide bonds. The minimum Gasteiger partial charge on any atom is -0.357 e. The Morgan fingerprint density at radius 1 is 1.05 bits per heavy atom. The monoisotopic (exact) mass is 305 g/mol. The molecule has 2 fully saturated rings. The van der Waals surface area contributed by atoms with Gasteiger partial charge in [-0.1, -0.05) is 38.5 Å². The molecule has 0 spiro atoms. The largest absolute Gasteiger partial charge is 0.357 e. The Morgan fingerprint density at radius 3 is 2.45 bits per heavy atom. The van der Waals surface area contributed by atoms with E-state index >= 15 is 0 Å². The summed E-state index contributed by atoms with van der Waals surface area (Å²) in [6.45, 7) is 3.71. The summed E-state index contributed by atoms with van der Waals surface area (Å²) in [7, 11) is 0. The van der Waals surface area contributed by atoms with Gasteiger partial charge in [-0.05, 0) is 25.7 Å². The maximum absolute atomic E-state index is 12.2. The molecule has 0 aromatic heterocycles. The summed E-state index contributed by atoms with van der Waals surface area (Å²) in [5.74, 6) is 2.59. The van der Waals surface area contributed by atoms with E-state index in [0.717, 1.165) is 39.0 Å². The predicted octanol–water partition coefficient (Wildman–Crippen LogP) is 2.98. The number of aliphatic imine (C=N–C) groups is 1. The zero-order valence-electron chi connectivity index (χ0n) is 13.9. The second-order valence-electron chi connectivity index (χ2n) is 7.19. The van der Waals surface area contributed by atoms with E-state index in [-0.39, 0.29) is 11.8 Å². The van der Waals surface area contributed by atoms with Crippen molar-refractivity contribution >= 4 is 11.7 Å². The smallest absolute Gasteiger partial charge is 0.223 e. The number of amidine groups is 1. The van der Waals surface area contributed by atoms with E-state index in [1.807, 2.05) is 0 Å². The van der Waals surface area contributed by atoms with Crippen LogP contribution >= 0.6 is 0 Å². The molecule has 0 atom stereocenters. The Balaban J connectivity index is 1.41. The third-order valence-corrected chi connectivity index (χ3v) is 5.59. The molecule has 124 valence electrons. The highest BCUT2D eigenvalue weighted by molar-refractivity contribution is 5.86. The van der Waals surface area contributed by atoms with Crippen LogP contribution in [0.1, 0.15) is 64.2 Å². The van der Waals surface area contributed by atoms with Crippen molar-refractivity contribution in [1.82, 2.24) is 10.2 Å². The highest BCUT2D eigenvalue weighted by atomic mass is 16.1. The van der Waals surface area contributed by atoms with Gasteiger partial charge >= 0.3 is 0 Å².